The van der Waals surface area contributed by atoms with Gasteiger partial charge in [-0.05, 0) is 13.8 Å². The van der Waals surface area contributed by atoms with Gasteiger partial charge in [0.2, 0.25) is 0 Å². The molecule has 0 amide bonds. The summed E-state index contributed by atoms with van der Waals surface area (Å²) >= 11 is 0. The van der Waals surface area contributed by atoms with Gasteiger partial charge in [-0.3, -0.25) is 5.09 Å². The van der Waals surface area contributed by atoms with Crippen LogP contribution in [0.1, 0.15) is 11.3 Å². The van der Waals surface area contributed by atoms with Crippen molar-refractivity contribution in [2.24, 2.45) is 0 Å². The first-order valence-corrected chi connectivity index (χ1v) is 2.44. The first-order chi connectivity index (χ1) is 4.13. The molecule has 0 bridgehead atoms. The number of aryl methyl sites for hydroxylation is 1. The van der Waals surface area contributed by atoms with Gasteiger partial charge in [0.05, 0.1) is 5.69 Å². The molecule has 0 atom stereocenters. The molecule has 3 nitrogen and oxygen atoms in total. The molecule has 44 valence electrons. The number of nitrogens with two attached hydrogens (primary N) is 1. The number of H-pyrrole nitrogens is 1. The number of nitrogens with one attached hydrogen (secondary N) is 1. The van der Waals surface area contributed by atoms with E-state index in [-0.39, 0.29) is 0 Å². The van der Waals surface area contributed by atoms with E-state index in [1.807, 2.05) is 13.8 Å². The van der Waals surface area contributed by atoms with Gasteiger partial charge >= 0.3 is 0 Å². The normalized spacial score (nSPS) is 11.5. The topological polar surface area (TPSA) is 54.7 Å². The second-order valence-corrected chi connectivity index (χ2v) is 1.80. The smallest absolute Gasteiger partial charge is 0.192 e. The molecular formula is C5H9N3. The fourth-order valence-electron chi connectivity index (χ4n) is 0.464. The average molecular weight is 112 g/mol. The summed E-state index contributed by atoms with van der Waals surface area (Å²) in [5, 5.41) is 4.70. The van der Waals surface area contributed by atoms with Crippen molar-refractivity contribution >= 4 is 5.82 Å². The largest absolute Gasteiger partial charge is 0.384 e. The van der Waals surface area contributed by atoms with Crippen molar-refractivity contribution in [2.45, 2.75) is 13.8 Å². The fraction of sp³-hybridized carbons (Fsp3) is 0.400. The second kappa shape index (κ2) is 1.51. The van der Waals surface area contributed by atoms with Gasteiger partial charge in [-0.25, -0.2) is 0 Å². The molecule has 0 aromatic carbocycles. The minimum atomic E-state index is 0.424. The molecule has 1 heterocycles. The zero-order chi connectivity index (χ0) is 7.02. The van der Waals surface area contributed by atoms with Crippen LogP contribution in [0, 0.1) is 13.8 Å². The number of aromatic amines is 1. The molecule has 0 spiro atoms. The molecule has 1 rings (SSSR count). The van der Waals surface area contributed by atoms with Crippen molar-refractivity contribution in [1.82, 2.24) is 10.2 Å². The molecule has 0 unspecified atom stereocenters. The highest BCUT2D eigenvalue weighted by molar-refractivity contribution is 5.39. The Labute approximate surface area is 49.4 Å². The molecule has 8 heavy (non-hydrogen) atoms. The molecule has 0 radical (unpaired) electrons. The standard InChI is InChI=1S/C5H9N3/c1-3-4(2)7-8-5(3)6/h1-2H3,(H3,6,7,8)/i/hD. The lowest BCUT2D eigenvalue weighted by Gasteiger charge is -1.84. The van der Waals surface area contributed by atoms with Gasteiger partial charge in [0.25, 0.3) is 0 Å². The maximum atomic E-state index is 7.06. The molecule has 0 aliphatic heterocycles. The summed E-state index contributed by atoms with van der Waals surface area (Å²) in [4.78, 5) is 0. The monoisotopic (exact) mass is 112 g/mol. The molecule has 1 aromatic heterocycles. The summed E-state index contributed by atoms with van der Waals surface area (Å²) in [7, 11) is 0. The molecule has 0 saturated heterocycles. The minimum Gasteiger partial charge on any atom is -0.384 e. The van der Waals surface area contributed by atoms with Gasteiger partial charge in [0.1, 0.15) is 5.82 Å². The second-order valence-electron chi connectivity index (χ2n) is 1.80. The highest BCUT2D eigenvalue weighted by atomic mass is 15.2. The maximum Gasteiger partial charge on any atom is 0.192 e. The quantitative estimate of drug-likeness (QED) is 0.516. The number of hydrogen-bond donors (Lipinski definition) is 2. The fourth-order valence-corrected chi connectivity index (χ4v) is 0.464. The van der Waals surface area contributed by atoms with E-state index in [9.17, 15) is 0 Å². The number of aromatic nitrogens is 2. The van der Waals surface area contributed by atoms with Crippen LogP contribution in [0.5, 0.6) is 0 Å². The van der Waals surface area contributed by atoms with E-state index in [1.165, 1.54) is 0 Å². The lowest BCUT2D eigenvalue weighted by Crippen LogP contribution is -1.85. The van der Waals surface area contributed by atoms with Gasteiger partial charge in [0, 0.05) is 5.56 Å². The van der Waals surface area contributed by atoms with Gasteiger partial charge in [-0.2, -0.15) is 5.10 Å². The third-order valence-corrected chi connectivity index (χ3v) is 1.23. The zero-order valence-electron chi connectivity index (χ0n) is 5.97. The Balaban J connectivity index is 3.29. The summed E-state index contributed by atoms with van der Waals surface area (Å²) in [6, 6.07) is 0. The van der Waals surface area contributed by atoms with Gasteiger partial charge in [0.15, 0.2) is 1.41 Å². The number of nitrogen functional groups attached to an aromatic ring is 1. The van der Waals surface area contributed by atoms with Crippen LogP contribution < -0.4 is 5.73 Å². The van der Waals surface area contributed by atoms with Crippen LogP contribution >= 0.6 is 0 Å². The Bertz CT molecular complexity index is 206. The molecule has 3 heteroatoms. The van der Waals surface area contributed by atoms with Crippen LogP contribution in [0.25, 0.3) is 0 Å². The molecule has 1 aromatic rings. The molecule has 3 N–H and O–H groups in total. The summed E-state index contributed by atoms with van der Waals surface area (Å²) in [5.74, 6) is 0.424. The summed E-state index contributed by atoms with van der Waals surface area (Å²) in [6.45, 7) is 3.68. The summed E-state index contributed by atoms with van der Waals surface area (Å²) in [5.41, 5.74) is 7.13. The van der Waals surface area contributed by atoms with Crippen LogP contribution in [-0.2, 0) is 0 Å². The van der Waals surface area contributed by atoms with Crippen molar-refractivity contribution in [3.05, 3.63) is 11.3 Å². The SMILES string of the molecule is [2H]n1nc(C)c(C)c1N. The molecule has 0 saturated carbocycles. The predicted octanol–water partition coefficient (Wildman–Crippen LogP) is 0.609. The predicted molar refractivity (Wildman–Crippen MR) is 32.5 cm³/mol. The van der Waals surface area contributed by atoms with E-state index in [0.717, 1.165) is 16.3 Å². The van der Waals surface area contributed by atoms with E-state index in [1.54, 1.807) is 0 Å². The van der Waals surface area contributed by atoms with Crippen molar-refractivity contribution in [2.75, 3.05) is 5.73 Å². The first kappa shape index (κ1) is 3.95. The van der Waals surface area contributed by atoms with Crippen LogP contribution in [0.15, 0.2) is 0 Å². The number of hydrogen-bond acceptors (Lipinski definition) is 2. The van der Waals surface area contributed by atoms with Gasteiger partial charge < -0.3 is 5.73 Å². The lowest BCUT2D eigenvalue weighted by molar-refractivity contribution is 1.05. The number of rotatable bonds is 0. The van der Waals surface area contributed by atoms with E-state index < -0.39 is 0 Å². The maximum absolute atomic E-state index is 7.06. The van der Waals surface area contributed by atoms with Crippen LogP contribution in [0.4, 0.5) is 5.82 Å². The van der Waals surface area contributed by atoms with Crippen molar-refractivity contribution in [3.8, 4) is 0 Å². The number of anilines is 1. The molecular weight excluding hydrogens is 102 g/mol. The molecule has 0 fully saturated rings. The van der Waals surface area contributed by atoms with Crippen molar-refractivity contribution in [3.63, 3.8) is 0 Å². The van der Waals surface area contributed by atoms with Crippen molar-refractivity contribution in [1.29, 1.82) is 0 Å². The Morgan fingerprint density at radius 3 is 2.50 bits per heavy atom. The van der Waals surface area contributed by atoms with Gasteiger partial charge in [-0.15, -0.1) is 0 Å². The minimum absolute atomic E-state index is 0.424. The average Bonchev–Trinajstić information content (AvgIpc) is 1.98. The van der Waals surface area contributed by atoms with Crippen LogP contribution in [0.3, 0.4) is 0 Å². The Morgan fingerprint density at radius 2 is 2.38 bits per heavy atom. The zero-order valence-corrected chi connectivity index (χ0v) is 4.97. The number of nitrogens with zero attached hydrogens (tertiary/aromatic N) is 1. The van der Waals surface area contributed by atoms with E-state index in [0.29, 0.717) is 5.82 Å². The molecule has 0 aliphatic rings. The van der Waals surface area contributed by atoms with Crippen LogP contribution in [0.2, 0.25) is 1.41 Å². The Morgan fingerprint density at radius 1 is 1.75 bits per heavy atom. The lowest BCUT2D eigenvalue weighted by atomic mass is 10.3. The van der Waals surface area contributed by atoms with E-state index >= 15 is 0 Å². The Kier molecular flexibility index (Phi) is 0.743. The third kappa shape index (κ3) is 0.559. The highest BCUT2D eigenvalue weighted by Crippen LogP contribution is 2.07. The van der Waals surface area contributed by atoms with Gasteiger partial charge in [-0.1, -0.05) is 0 Å². The summed E-state index contributed by atoms with van der Waals surface area (Å²) in [6.07, 6.45) is 0. The van der Waals surface area contributed by atoms with Crippen molar-refractivity contribution < 1.29 is 1.41 Å². The third-order valence-electron chi connectivity index (χ3n) is 1.23. The van der Waals surface area contributed by atoms with E-state index in [2.05, 4.69) is 5.10 Å². The molecule has 0 aliphatic carbocycles. The summed E-state index contributed by atoms with van der Waals surface area (Å²) < 4.78 is 7.06. The Hall–Kier alpha value is -0.990. The van der Waals surface area contributed by atoms with E-state index in [4.69, 9.17) is 7.15 Å². The highest BCUT2D eigenvalue weighted by Gasteiger charge is 1.97. The van der Waals surface area contributed by atoms with Crippen LogP contribution in [-0.4, -0.2) is 10.2 Å². The first-order valence-electron chi connectivity index (χ1n) is 2.88.